The van der Waals surface area contributed by atoms with Crippen molar-refractivity contribution in [1.29, 1.82) is 0 Å². The standard InChI is InChI=1S/C8H17NO3/c1-5-7(12-9(10)11)6-8(2,3)4/h7H,5-6H2,1-4H3. The lowest BCUT2D eigenvalue weighted by atomic mass is 9.88. The average Bonchev–Trinajstić information content (AvgIpc) is 1.82. The average molecular weight is 175 g/mol. The molecule has 0 aromatic heterocycles. The summed E-state index contributed by atoms with van der Waals surface area (Å²) >= 11 is 0. The monoisotopic (exact) mass is 175 g/mol. The topological polar surface area (TPSA) is 52.4 Å². The van der Waals surface area contributed by atoms with Crippen molar-refractivity contribution in [2.24, 2.45) is 5.41 Å². The van der Waals surface area contributed by atoms with Crippen molar-refractivity contribution in [2.45, 2.75) is 46.6 Å². The molecular weight excluding hydrogens is 158 g/mol. The zero-order valence-electron chi connectivity index (χ0n) is 8.16. The van der Waals surface area contributed by atoms with Gasteiger partial charge >= 0.3 is 0 Å². The molecule has 1 atom stereocenters. The zero-order chi connectivity index (χ0) is 9.78. The highest BCUT2D eigenvalue weighted by Gasteiger charge is 2.19. The Balaban J connectivity index is 3.92. The molecule has 0 rings (SSSR count). The van der Waals surface area contributed by atoms with Crippen LogP contribution in [0.25, 0.3) is 0 Å². The Morgan fingerprint density at radius 3 is 2.25 bits per heavy atom. The molecule has 0 saturated heterocycles. The molecule has 0 aliphatic carbocycles. The molecule has 72 valence electrons. The van der Waals surface area contributed by atoms with Crippen LogP contribution in [0.3, 0.4) is 0 Å². The largest absolute Gasteiger partial charge is 0.311 e. The number of nitrogens with zero attached hydrogens (tertiary/aromatic N) is 1. The predicted molar refractivity (Wildman–Crippen MR) is 46.2 cm³/mol. The third-order valence-corrected chi connectivity index (χ3v) is 1.53. The minimum absolute atomic E-state index is 0.0800. The number of rotatable bonds is 4. The predicted octanol–water partition coefficient (Wildman–Crippen LogP) is 2.41. The Morgan fingerprint density at radius 1 is 1.50 bits per heavy atom. The molecule has 4 nitrogen and oxygen atoms in total. The van der Waals surface area contributed by atoms with E-state index in [1.165, 1.54) is 0 Å². The van der Waals surface area contributed by atoms with Gasteiger partial charge in [-0.1, -0.05) is 27.7 Å². The molecule has 0 saturated carbocycles. The molecule has 1 unspecified atom stereocenters. The van der Waals surface area contributed by atoms with E-state index >= 15 is 0 Å². The highest BCUT2D eigenvalue weighted by Crippen LogP contribution is 2.23. The molecule has 0 fully saturated rings. The van der Waals surface area contributed by atoms with Crippen LogP contribution in [0.5, 0.6) is 0 Å². The minimum Gasteiger partial charge on any atom is -0.311 e. The van der Waals surface area contributed by atoms with Crippen molar-refractivity contribution >= 4 is 0 Å². The van der Waals surface area contributed by atoms with Gasteiger partial charge in [0.1, 0.15) is 6.10 Å². The first-order valence-corrected chi connectivity index (χ1v) is 4.16. The Hall–Kier alpha value is -0.800. The zero-order valence-corrected chi connectivity index (χ0v) is 8.16. The summed E-state index contributed by atoms with van der Waals surface area (Å²) in [4.78, 5) is 14.5. The van der Waals surface area contributed by atoms with Crippen LogP contribution in [0.1, 0.15) is 40.5 Å². The second-order valence-electron chi connectivity index (χ2n) is 4.12. The van der Waals surface area contributed by atoms with E-state index in [0.29, 0.717) is 12.8 Å². The van der Waals surface area contributed by atoms with E-state index in [1.807, 2.05) is 27.7 Å². The van der Waals surface area contributed by atoms with Crippen LogP contribution in [-0.4, -0.2) is 11.2 Å². The highest BCUT2D eigenvalue weighted by atomic mass is 17.0. The third kappa shape index (κ3) is 5.95. The van der Waals surface area contributed by atoms with Crippen LogP contribution < -0.4 is 0 Å². The van der Waals surface area contributed by atoms with Crippen LogP contribution in [0.15, 0.2) is 0 Å². The summed E-state index contributed by atoms with van der Waals surface area (Å²) in [6, 6.07) is 0. The molecule has 0 bridgehead atoms. The number of hydrogen-bond donors (Lipinski definition) is 0. The molecule has 0 radical (unpaired) electrons. The summed E-state index contributed by atoms with van der Waals surface area (Å²) in [5.41, 5.74) is 0.0800. The van der Waals surface area contributed by atoms with Gasteiger partial charge in [-0.25, -0.2) is 0 Å². The van der Waals surface area contributed by atoms with Crippen LogP contribution in [0.4, 0.5) is 0 Å². The molecule has 0 heterocycles. The SMILES string of the molecule is CCC(CC(C)(C)C)O[N+](=O)[O-]. The summed E-state index contributed by atoms with van der Waals surface area (Å²) in [6.07, 6.45) is 1.13. The summed E-state index contributed by atoms with van der Waals surface area (Å²) < 4.78 is 0. The van der Waals surface area contributed by atoms with Gasteiger partial charge in [0, 0.05) is 0 Å². The molecule has 12 heavy (non-hydrogen) atoms. The maximum atomic E-state index is 10.0. The fourth-order valence-corrected chi connectivity index (χ4v) is 1.06. The van der Waals surface area contributed by atoms with Gasteiger partial charge in [0.25, 0.3) is 5.09 Å². The summed E-state index contributed by atoms with van der Waals surface area (Å²) in [6.45, 7) is 8.01. The van der Waals surface area contributed by atoms with Crippen molar-refractivity contribution in [3.8, 4) is 0 Å². The van der Waals surface area contributed by atoms with E-state index < -0.39 is 5.09 Å². The Morgan fingerprint density at radius 2 is 2.00 bits per heavy atom. The Bertz CT molecular complexity index is 151. The highest BCUT2D eigenvalue weighted by molar-refractivity contribution is 4.67. The van der Waals surface area contributed by atoms with Gasteiger partial charge in [-0.2, -0.15) is 0 Å². The van der Waals surface area contributed by atoms with Crippen molar-refractivity contribution < 1.29 is 9.92 Å². The van der Waals surface area contributed by atoms with Gasteiger partial charge in [-0.15, -0.1) is 10.1 Å². The number of hydrogen-bond acceptors (Lipinski definition) is 3. The van der Waals surface area contributed by atoms with Crippen molar-refractivity contribution in [2.75, 3.05) is 0 Å². The van der Waals surface area contributed by atoms with E-state index in [-0.39, 0.29) is 11.5 Å². The summed E-state index contributed by atoms with van der Waals surface area (Å²) in [7, 11) is 0. The van der Waals surface area contributed by atoms with Gasteiger partial charge in [0.2, 0.25) is 0 Å². The van der Waals surface area contributed by atoms with Gasteiger partial charge in [0.15, 0.2) is 0 Å². The van der Waals surface area contributed by atoms with E-state index in [0.717, 1.165) is 0 Å². The van der Waals surface area contributed by atoms with Crippen molar-refractivity contribution in [3.05, 3.63) is 10.1 Å². The molecular formula is C8H17NO3. The van der Waals surface area contributed by atoms with Gasteiger partial charge in [0.05, 0.1) is 0 Å². The molecule has 0 N–H and O–H groups in total. The molecule has 0 aromatic carbocycles. The van der Waals surface area contributed by atoms with Crippen molar-refractivity contribution in [1.82, 2.24) is 0 Å². The fourth-order valence-electron chi connectivity index (χ4n) is 1.06. The van der Waals surface area contributed by atoms with E-state index in [9.17, 15) is 10.1 Å². The van der Waals surface area contributed by atoms with Gasteiger partial charge < -0.3 is 4.84 Å². The quantitative estimate of drug-likeness (QED) is 0.487. The summed E-state index contributed by atoms with van der Waals surface area (Å²) in [5.74, 6) is 0. The first-order chi connectivity index (χ1) is 5.35. The first-order valence-electron chi connectivity index (χ1n) is 4.16. The molecule has 4 heteroatoms. The molecule has 0 amide bonds. The van der Waals surface area contributed by atoms with E-state index in [4.69, 9.17) is 0 Å². The fraction of sp³-hybridized carbons (Fsp3) is 1.00. The van der Waals surface area contributed by atoms with Gasteiger partial charge in [-0.3, -0.25) is 0 Å². The van der Waals surface area contributed by atoms with Crippen molar-refractivity contribution in [3.63, 3.8) is 0 Å². The van der Waals surface area contributed by atoms with Crippen LogP contribution in [0, 0.1) is 15.5 Å². The maximum absolute atomic E-state index is 10.0. The molecule has 0 aliphatic heterocycles. The molecule has 0 aliphatic rings. The van der Waals surface area contributed by atoms with Crippen LogP contribution in [0.2, 0.25) is 0 Å². The van der Waals surface area contributed by atoms with Crippen LogP contribution in [-0.2, 0) is 4.84 Å². The molecule has 0 spiro atoms. The molecule has 0 aromatic rings. The van der Waals surface area contributed by atoms with E-state index in [2.05, 4.69) is 4.84 Å². The second kappa shape index (κ2) is 4.28. The van der Waals surface area contributed by atoms with Crippen LogP contribution >= 0.6 is 0 Å². The Kier molecular flexibility index (Phi) is 4.00. The minimum atomic E-state index is -0.708. The van der Waals surface area contributed by atoms with E-state index in [1.54, 1.807) is 0 Å². The lowest BCUT2D eigenvalue weighted by molar-refractivity contribution is -0.769. The first kappa shape index (κ1) is 11.2. The lowest BCUT2D eigenvalue weighted by Gasteiger charge is -2.23. The van der Waals surface area contributed by atoms with Gasteiger partial charge in [-0.05, 0) is 18.3 Å². The normalized spacial score (nSPS) is 14.0. The summed E-state index contributed by atoms with van der Waals surface area (Å²) in [5, 5.41) is 9.33. The third-order valence-electron chi connectivity index (χ3n) is 1.53. The lowest BCUT2D eigenvalue weighted by Crippen LogP contribution is -2.22. The smallest absolute Gasteiger partial charge is 0.294 e. The second-order valence-corrected chi connectivity index (χ2v) is 4.12. The maximum Gasteiger partial charge on any atom is 0.294 e. The Labute approximate surface area is 73.0 Å².